The van der Waals surface area contributed by atoms with Gasteiger partial charge in [-0.05, 0) is 115 Å². The number of rotatable bonds is 8. The van der Waals surface area contributed by atoms with Gasteiger partial charge in [0.05, 0.1) is 0 Å². The molecule has 3 nitrogen and oxygen atoms in total. The van der Waals surface area contributed by atoms with Gasteiger partial charge in [0, 0.05) is 13.1 Å². The van der Waals surface area contributed by atoms with E-state index >= 15 is 0 Å². The van der Waals surface area contributed by atoms with Crippen LogP contribution in [0.15, 0.2) is 78.9 Å². The molecule has 0 spiro atoms. The molecule has 2 aromatic rings. The van der Waals surface area contributed by atoms with Crippen molar-refractivity contribution in [3.8, 4) is 0 Å². The zero-order chi connectivity index (χ0) is 31.7. The second kappa shape index (κ2) is 24.7. The second-order valence-corrected chi connectivity index (χ2v) is 11.7. The first-order valence-corrected chi connectivity index (χ1v) is 16.8. The molecule has 0 radical (unpaired) electrons. The SMILES string of the molecule is CC=O.CCCCC1CCN(CC)CC1.C\C=C/C=C\C=C/C.Cc1ccc2c(c1)CN(Cc1ccccc1C)CCC2. The van der Waals surface area contributed by atoms with Gasteiger partial charge in [-0.25, -0.2) is 0 Å². The Morgan fingerprint density at radius 2 is 1.47 bits per heavy atom. The van der Waals surface area contributed by atoms with Crippen molar-refractivity contribution in [2.24, 2.45) is 5.92 Å². The molecule has 4 rings (SSSR count). The molecule has 238 valence electrons. The van der Waals surface area contributed by atoms with Crippen molar-refractivity contribution in [2.75, 3.05) is 26.2 Å². The van der Waals surface area contributed by atoms with Gasteiger partial charge < -0.3 is 9.69 Å². The summed E-state index contributed by atoms with van der Waals surface area (Å²) < 4.78 is 0. The molecule has 0 N–H and O–H groups in total. The number of allylic oxidation sites excluding steroid dienone is 6. The van der Waals surface area contributed by atoms with Crippen molar-refractivity contribution in [3.63, 3.8) is 0 Å². The zero-order valence-electron chi connectivity index (χ0n) is 28.7. The molecular weight excluding hydrogens is 524 g/mol. The summed E-state index contributed by atoms with van der Waals surface area (Å²) in [6, 6.07) is 15.7. The average molecular weight is 587 g/mol. The Morgan fingerprint density at radius 1 is 0.814 bits per heavy atom. The van der Waals surface area contributed by atoms with Crippen LogP contribution in [-0.2, 0) is 24.3 Å². The molecule has 2 aromatic carbocycles. The van der Waals surface area contributed by atoms with Gasteiger partial charge >= 0.3 is 0 Å². The predicted molar refractivity (Wildman–Crippen MR) is 190 cm³/mol. The van der Waals surface area contributed by atoms with E-state index in [0.29, 0.717) is 0 Å². The van der Waals surface area contributed by atoms with Crippen LogP contribution in [-0.4, -0.2) is 42.3 Å². The first-order chi connectivity index (χ1) is 20.9. The molecule has 3 heteroatoms. The second-order valence-electron chi connectivity index (χ2n) is 11.7. The van der Waals surface area contributed by atoms with Crippen LogP contribution in [0, 0.1) is 19.8 Å². The molecule has 0 aromatic heterocycles. The van der Waals surface area contributed by atoms with E-state index in [-0.39, 0.29) is 0 Å². The van der Waals surface area contributed by atoms with Crippen LogP contribution >= 0.6 is 0 Å². The summed E-state index contributed by atoms with van der Waals surface area (Å²) in [5, 5.41) is 0. The van der Waals surface area contributed by atoms with E-state index in [9.17, 15) is 0 Å². The standard InChI is InChI=1S/C19H23N.C11H23N.C8H12.C2H4O/c1-15-9-10-17-8-5-11-20(14-19(17)12-15)13-18-7-4-3-6-16(18)2;1-3-5-6-11-7-9-12(4-2)10-8-11;1-3-5-7-8-6-4-2;1-2-3/h3-4,6-7,9-10,12H,5,8,11,13-14H2,1-2H3;11H,3-10H2,1-2H3;3-8H,1-2H3;2H,1H3/b;;5-3-,6-4-,8-7-;. The number of fused-ring (bicyclic) bond motifs is 1. The molecule has 0 saturated carbocycles. The van der Waals surface area contributed by atoms with Gasteiger partial charge in [0.15, 0.2) is 0 Å². The summed E-state index contributed by atoms with van der Waals surface area (Å²) in [4.78, 5) is 14.0. The van der Waals surface area contributed by atoms with Crippen LogP contribution in [0.1, 0.15) is 101 Å². The molecule has 0 bridgehead atoms. The highest BCUT2D eigenvalue weighted by Gasteiger charge is 2.17. The van der Waals surface area contributed by atoms with E-state index in [4.69, 9.17) is 4.79 Å². The van der Waals surface area contributed by atoms with Gasteiger partial charge in [-0.3, -0.25) is 4.90 Å². The van der Waals surface area contributed by atoms with E-state index in [1.54, 1.807) is 5.56 Å². The lowest BCUT2D eigenvalue weighted by Gasteiger charge is -2.30. The number of likely N-dealkylation sites (tertiary alicyclic amines) is 1. The third-order valence-corrected chi connectivity index (χ3v) is 8.17. The molecule has 2 heterocycles. The van der Waals surface area contributed by atoms with Crippen LogP contribution in [0.2, 0.25) is 0 Å². The quantitative estimate of drug-likeness (QED) is 0.227. The van der Waals surface area contributed by atoms with Gasteiger partial charge in [0.2, 0.25) is 0 Å². The molecule has 43 heavy (non-hydrogen) atoms. The lowest BCUT2D eigenvalue weighted by Crippen LogP contribution is -2.33. The van der Waals surface area contributed by atoms with Gasteiger partial charge in [0.1, 0.15) is 6.29 Å². The molecule has 2 aliphatic rings. The largest absolute Gasteiger partial charge is 0.304 e. The first-order valence-electron chi connectivity index (χ1n) is 16.8. The fraction of sp³-hybridized carbons (Fsp3) is 0.525. The minimum absolute atomic E-state index is 0.750. The topological polar surface area (TPSA) is 23.6 Å². The van der Waals surface area contributed by atoms with E-state index < -0.39 is 0 Å². The number of benzene rings is 2. The molecule has 0 amide bonds. The third-order valence-electron chi connectivity index (χ3n) is 8.17. The number of hydrogen-bond acceptors (Lipinski definition) is 3. The van der Waals surface area contributed by atoms with Crippen molar-refractivity contribution >= 4 is 6.29 Å². The van der Waals surface area contributed by atoms with Crippen LogP contribution in [0.3, 0.4) is 0 Å². The highest BCUT2D eigenvalue weighted by molar-refractivity contribution is 5.44. The fourth-order valence-corrected chi connectivity index (χ4v) is 5.56. The Bertz CT molecular complexity index is 1060. The molecule has 1 saturated heterocycles. The minimum atomic E-state index is 0.750. The van der Waals surface area contributed by atoms with E-state index in [0.717, 1.165) is 25.3 Å². The highest BCUT2D eigenvalue weighted by atomic mass is 16.1. The number of carbonyl (C=O) groups is 1. The number of nitrogens with zero attached hydrogens (tertiary/aromatic N) is 2. The lowest BCUT2D eigenvalue weighted by atomic mass is 9.92. The fourth-order valence-electron chi connectivity index (χ4n) is 5.56. The van der Waals surface area contributed by atoms with Crippen molar-refractivity contribution in [2.45, 2.75) is 107 Å². The summed E-state index contributed by atoms with van der Waals surface area (Å²) in [6.45, 7) is 21.7. The molecule has 0 unspecified atom stereocenters. The lowest BCUT2D eigenvalue weighted by molar-refractivity contribution is -0.106. The Balaban J connectivity index is 0.000000343. The molecule has 1 fully saturated rings. The van der Waals surface area contributed by atoms with E-state index in [1.165, 1.54) is 100 Å². The highest BCUT2D eigenvalue weighted by Crippen LogP contribution is 2.23. The maximum absolute atomic E-state index is 8.81. The third kappa shape index (κ3) is 17.2. The van der Waals surface area contributed by atoms with Gasteiger partial charge in [-0.15, -0.1) is 0 Å². The summed E-state index contributed by atoms with van der Waals surface area (Å²) in [7, 11) is 0. The number of unbranched alkanes of at least 4 members (excludes halogenated alkanes) is 1. The number of piperidine rings is 1. The van der Waals surface area contributed by atoms with Gasteiger partial charge in [-0.1, -0.05) is 118 Å². The van der Waals surface area contributed by atoms with Crippen LogP contribution in [0.4, 0.5) is 0 Å². The summed E-state index contributed by atoms with van der Waals surface area (Å²) in [5.41, 5.74) is 7.31. The maximum Gasteiger partial charge on any atom is 0.116 e. The predicted octanol–water partition coefficient (Wildman–Crippen LogP) is 10.1. The Morgan fingerprint density at radius 3 is 2.05 bits per heavy atom. The van der Waals surface area contributed by atoms with Crippen LogP contribution in [0.25, 0.3) is 0 Å². The van der Waals surface area contributed by atoms with E-state index in [2.05, 4.69) is 80.0 Å². The van der Waals surface area contributed by atoms with Crippen molar-refractivity contribution in [3.05, 3.63) is 107 Å². The van der Waals surface area contributed by atoms with Crippen LogP contribution in [0.5, 0.6) is 0 Å². The molecule has 2 aliphatic heterocycles. The average Bonchev–Trinajstić information content (AvgIpc) is 3.22. The number of hydrogen-bond donors (Lipinski definition) is 0. The van der Waals surface area contributed by atoms with E-state index in [1.807, 2.05) is 50.3 Å². The summed E-state index contributed by atoms with van der Waals surface area (Å²) in [5.74, 6) is 1.05. The molecule has 0 aliphatic carbocycles. The first kappa shape index (κ1) is 38.3. The summed E-state index contributed by atoms with van der Waals surface area (Å²) >= 11 is 0. The van der Waals surface area contributed by atoms with Crippen molar-refractivity contribution < 1.29 is 4.79 Å². The Kier molecular flexibility index (Phi) is 22.0. The number of aldehydes is 1. The normalized spacial score (nSPS) is 16.0. The van der Waals surface area contributed by atoms with Crippen molar-refractivity contribution in [1.82, 2.24) is 9.80 Å². The van der Waals surface area contributed by atoms with Gasteiger partial charge in [0.25, 0.3) is 0 Å². The maximum atomic E-state index is 8.81. The summed E-state index contributed by atoms with van der Waals surface area (Å²) in [6.07, 6.45) is 22.4. The smallest absolute Gasteiger partial charge is 0.116 e. The van der Waals surface area contributed by atoms with Gasteiger partial charge in [-0.2, -0.15) is 0 Å². The zero-order valence-corrected chi connectivity index (χ0v) is 28.7. The van der Waals surface area contributed by atoms with Crippen LogP contribution < -0.4 is 0 Å². The number of aryl methyl sites for hydroxylation is 3. The molecule has 0 atom stereocenters. The minimum Gasteiger partial charge on any atom is -0.304 e. The Hall–Kier alpha value is -2.75. The Labute approximate surface area is 265 Å². The van der Waals surface area contributed by atoms with Crippen molar-refractivity contribution in [1.29, 1.82) is 0 Å². The monoisotopic (exact) mass is 586 g/mol. The molecular formula is C40H62N2O. The number of carbonyl (C=O) groups excluding carboxylic acids is 1.